The molecule has 1 aromatic heterocycles. The first-order valence-electron chi connectivity index (χ1n) is 8.84. The molecule has 2 aliphatic rings. The van der Waals surface area contributed by atoms with Crippen LogP contribution in [0.15, 0.2) is 41.2 Å². The second-order valence-electron chi connectivity index (χ2n) is 6.65. The zero-order chi connectivity index (χ0) is 20.1. The van der Waals surface area contributed by atoms with Gasteiger partial charge in [0.2, 0.25) is 6.79 Å². The van der Waals surface area contributed by atoms with Gasteiger partial charge in [0.15, 0.2) is 23.1 Å². The highest BCUT2D eigenvalue weighted by molar-refractivity contribution is 5.95. The lowest BCUT2D eigenvalue weighted by atomic mass is 10.1. The van der Waals surface area contributed by atoms with Gasteiger partial charge in [-0.1, -0.05) is 0 Å². The first-order chi connectivity index (χ1) is 14.0. The van der Waals surface area contributed by atoms with E-state index in [1.54, 1.807) is 23.1 Å². The fraction of sp³-hybridized carbons (Fsp3) is 0.211. The average molecular weight is 400 g/mol. The monoisotopic (exact) mass is 400 g/mol. The van der Waals surface area contributed by atoms with Crippen molar-refractivity contribution in [2.45, 2.75) is 13.1 Å². The van der Waals surface area contributed by atoms with Crippen molar-refractivity contribution in [2.24, 2.45) is 0 Å². The molecule has 0 spiro atoms. The van der Waals surface area contributed by atoms with Crippen LogP contribution in [0.1, 0.15) is 16.2 Å². The summed E-state index contributed by atoms with van der Waals surface area (Å²) in [7, 11) is 0. The van der Waals surface area contributed by atoms with Crippen LogP contribution in [0.25, 0.3) is 5.69 Å². The smallest absolute Gasteiger partial charge is 0.350 e. The number of hydrogen-bond donors (Lipinski definition) is 0. The van der Waals surface area contributed by atoms with Crippen LogP contribution in [-0.2, 0) is 13.1 Å². The van der Waals surface area contributed by atoms with Gasteiger partial charge in [0.1, 0.15) is 11.5 Å². The van der Waals surface area contributed by atoms with Gasteiger partial charge < -0.3 is 14.4 Å². The highest BCUT2D eigenvalue weighted by Gasteiger charge is 2.27. The minimum Gasteiger partial charge on any atom is -0.454 e. The lowest BCUT2D eigenvalue weighted by molar-refractivity contribution is 0.0706. The van der Waals surface area contributed by atoms with Gasteiger partial charge in [0, 0.05) is 24.7 Å². The molecule has 1 amide bonds. The Balaban J connectivity index is 1.44. The van der Waals surface area contributed by atoms with E-state index >= 15 is 0 Å². The van der Waals surface area contributed by atoms with Crippen LogP contribution < -0.4 is 15.2 Å². The van der Waals surface area contributed by atoms with E-state index in [1.165, 1.54) is 4.57 Å². The van der Waals surface area contributed by atoms with E-state index < -0.39 is 17.3 Å². The molecule has 8 nitrogen and oxygen atoms in total. The lowest BCUT2D eigenvalue weighted by Crippen LogP contribution is -2.40. The second kappa shape index (κ2) is 6.43. The van der Waals surface area contributed by atoms with Crippen molar-refractivity contribution >= 4 is 5.91 Å². The molecule has 2 aliphatic heterocycles. The molecule has 0 bridgehead atoms. The van der Waals surface area contributed by atoms with E-state index in [1.807, 2.05) is 0 Å². The summed E-state index contributed by atoms with van der Waals surface area (Å²) in [6.45, 7) is 0.698. The van der Waals surface area contributed by atoms with Crippen molar-refractivity contribution < 1.29 is 23.0 Å². The molecule has 5 rings (SSSR count). The summed E-state index contributed by atoms with van der Waals surface area (Å²) in [6, 6.07) is 7.82. The van der Waals surface area contributed by atoms with Gasteiger partial charge in [-0.3, -0.25) is 9.36 Å². The number of hydrogen-bond acceptors (Lipinski definition) is 5. The third-order valence-electron chi connectivity index (χ3n) is 4.91. The van der Waals surface area contributed by atoms with Crippen LogP contribution >= 0.6 is 0 Å². The van der Waals surface area contributed by atoms with Crippen LogP contribution in [0.4, 0.5) is 8.78 Å². The van der Waals surface area contributed by atoms with E-state index in [-0.39, 0.29) is 38.0 Å². The number of carbonyl (C=O) groups is 1. The highest BCUT2D eigenvalue weighted by atomic mass is 19.1. The number of rotatable bonds is 2. The molecule has 0 N–H and O–H groups in total. The van der Waals surface area contributed by atoms with Crippen LogP contribution in [0.2, 0.25) is 0 Å². The molecule has 0 aliphatic carbocycles. The van der Waals surface area contributed by atoms with E-state index in [4.69, 9.17) is 9.47 Å². The fourth-order valence-corrected chi connectivity index (χ4v) is 3.44. The van der Waals surface area contributed by atoms with Crippen LogP contribution in [0.5, 0.6) is 11.5 Å². The van der Waals surface area contributed by atoms with Gasteiger partial charge in [-0.15, -0.1) is 5.10 Å². The predicted octanol–water partition coefficient (Wildman–Crippen LogP) is 1.70. The number of ether oxygens (including phenoxy) is 2. The summed E-state index contributed by atoms with van der Waals surface area (Å²) in [5, 5.41) is 4.16. The van der Waals surface area contributed by atoms with Crippen molar-refractivity contribution in [3.8, 4) is 17.2 Å². The summed E-state index contributed by atoms with van der Waals surface area (Å²) >= 11 is 0. The maximum absolute atomic E-state index is 14.1. The molecule has 0 fully saturated rings. The third-order valence-corrected chi connectivity index (χ3v) is 4.91. The van der Waals surface area contributed by atoms with Gasteiger partial charge >= 0.3 is 5.69 Å². The first-order valence-corrected chi connectivity index (χ1v) is 8.84. The molecular formula is C19H14F2N4O4. The SMILES string of the molecule is O=C(c1ccc2c(c1)OCO2)N1CCn2c(nn(-c3ccc(F)cc3F)c2=O)C1. The number of fused-ring (bicyclic) bond motifs is 2. The summed E-state index contributed by atoms with van der Waals surface area (Å²) in [5.74, 6) is -0.488. The largest absolute Gasteiger partial charge is 0.454 e. The van der Waals surface area contributed by atoms with Gasteiger partial charge in [0.25, 0.3) is 5.91 Å². The molecule has 148 valence electrons. The average Bonchev–Trinajstić information content (AvgIpc) is 3.31. The van der Waals surface area contributed by atoms with Crippen LogP contribution in [0.3, 0.4) is 0 Å². The molecule has 2 aromatic carbocycles. The lowest BCUT2D eigenvalue weighted by Gasteiger charge is -2.26. The summed E-state index contributed by atoms with van der Waals surface area (Å²) in [5.41, 5.74) is -0.262. The van der Waals surface area contributed by atoms with Crippen LogP contribution in [-0.4, -0.2) is 38.5 Å². The number of aromatic nitrogens is 3. The molecule has 0 saturated heterocycles. The maximum Gasteiger partial charge on any atom is 0.350 e. The zero-order valence-electron chi connectivity index (χ0n) is 15.0. The standard InChI is InChI=1S/C19H14F2N4O4/c20-12-2-3-14(13(21)8-12)25-19(27)24-6-5-23(9-17(24)22-25)18(26)11-1-4-15-16(7-11)29-10-28-15/h1-4,7-8H,5-6,9-10H2. The molecule has 3 heterocycles. The summed E-state index contributed by atoms with van der Waals surface area (Å²) in [4.78, 5) is 27.0. The van der Waals surface area contributed by atoms with E-state index in [0.717, 1.165) is 16.8 Å². The maximum atomic E-state index is 14.1. The third kappa shape index (κ3) is 2.84. The quantitative estimate of drug-likeness (QED) is 0.654. The molecule has 29 heavy (non-hydrogen) atoms. The molecule has 3 aromatic rings. The predicted molar refractivity (Wildman–Crippen MR) is 95.0 cm³/mol. The Labute approximate surface area is 162 Å². The first kappa shape index (κ1) is 17.4. The number of nitrogens with zero attached hydrogens (tertiary/aromatic N) is 4. The van der Waals surface area contributed by atoms with Crippen molar-refractivity contribution in [1.29, 1.82) is 0 Å². The zero-order valence-corrected chi connectivity index (χ0v) is 15.0. The Morgan fingerprint density at radius 3 is 2.69 bits per heavy atom. The second-order valence-corrected chi connectivity index (χ2v) is 6.65. The molecule has 0 atom stereocenters. The number of carbonyl (C=O) groups excluding carboxylic acids is 1. The van der Waals surface area contributed by atoms with Crippen LogP contribution in [0, 0.1) is 11.6 Å². The number of halogens is 2. The molecule has 0 radical (unpaired) electrons. The molecule has 10 heteroatoms. The van der Waals surface area contributed by atoms with Gasteiger partial charge in [0.05, 0.1) is 6.54 Å². The minimum absolute atomic E-state index is 0.0817. The van der Waals surface area contributed by atoms with Crippen molar-refractivity contribution in [3.05, 3.63) is 69.9 Å². The number of amides is 1. The minimum atomic E-state index is -0.893. The summed E-state index contributed by atoms with van der Waals surface area (Å²) < 4.78 is 40.1. The number of benzene rings is 2. The normalized spacial score (nSPS) is 14.8. The Morgan fingerprint density at radius 2 is 1.86 bits per heavy atom. The van der Waals surface area contributed by atoms with Gasteiger partial charge in [-0.05, 0) is 30.3 Å². The van der Waals surface area contributed by atoms with E-state index in [9.17, 15) is 18.4 Å². The Morgan fingerprint density at radius 1 is 1.03 bits per heavy atom. The molecular weight excluding hydrogens is 386 g/mol. The van der Waals surface area contributed by atoms with Gasteiger partial charge in [-0.25, -0.2) is 13.6 Å². The van der Waals surface area contributed by atoms with Gasteiger partial charge in [-0.2, -0.15) is 4.68 Å². The fourth-order valence-electron chi connectivity index (χ4n) is 3.44. The highest BCUT2D eigenvalue weighted by Crippen LogP contribution is 2.33. The Bertz CT molecular complexity index is 1200. The van der Waals surface area contributed by atoms with E-state index in [2.05, 4.69) is 5.10 Å². The van der Waals surface area contributed by atoms with Crippen molar-refractivity contribution in [2.75, 3.05) is 13.3 Å². The summed E-state index contributed by atoms with van der Waals surface area (Å²) in [6.07, 6.45) is 0. The molecule has 0 saturated carbocycles. The topological polar surface area (TPSA) is 78.6 Å². The molecule has 0 unspecified atom stereocenters. The van der Waals surface area contributed by atoms with Crippen molar-refractivity contribution in [3.63, 3.8) is 0 Å². The van der Waals surface area contributed by atoms with Crippen molar-refractivity contribution in [1.82, 2.24) is 19.2 Å². The van der Waals surface area contributed by atoms with E-state index in [0.29, 0.717) is 29.0 Å². The Hall–Kier alpha value is -3.69. The Kier molecular flexibility index (Phi) is 3.86.